The van der Waals surface area contributed by atoms with Gasteiger partial charge < -0.3 is 4.42 Å². The van der Waals surface area contributed by atoms with E-state index in [0.29, 0.717) is 11.8 Å². The second kappa shape index (κ2) is 7.02. The number of hydrogen-bond donors (Lipinski definition) is 0. The molecule has 128 valence electrons. The van der Waals surface area contributed by atoms with Gasteiger partial charge in [0.05, 0.1) is 6.04 Å². The summed E-state index contributed by atoms with van der Waals surface area (Å²) in [5, 5.41) is 8.34. The fourth-order valence-electron chi connectivity index (χ4n) is 3.40. The van der Waals surface area contributed by atoms with E-state index in [9.17, 15) is 0 Å². The number of thioether (sulfide) groups is 1. The van der Waals surface area contributed by atoms with Gasteiger partial charge in [-0.15, -0.1) is 22.0 Å². The average Bonchev–Trinajstić information content (AvgIpc) is 3.08. The molecule has 2 aromatic carbocycles. The molecule has 1 aliphatic heterocycles. The Kier molecular flexibility index (Phi) is 4.59. The van der Waals surface area contributed by atoms with Crippen LogP contribution < -0.4 is 0 Å². The second-order valence-electron chi connectivity index (χ2n) is 6.40. The first-order valence-electron chi connectivity index (χ1n) is 8.46. The summed E-state index contributed by atoms with van der Waals surface area (Å²) in [6.07, 6.45) is 3.01. The van der Waals surface area contributed by atoms with Crippen molar-refractivity contribution in [1.82, 2.24) is 15.1 Å². The van der Waals surface area contributed by atoms with Crippen LogP contribution in [0.2, 0.25) is 0 Å². The molecule has 1 aliphatic rings. The molecule has 0 saturated carbocycles. The lowest BCUT2D eigenvalue weighted by Crippen LogP contribution is -2.34. The molecule has 25 heavy (non-hydrogen) atoms. The number of fused-ring (bicyclic) bond motifs is 1. The largest absolute Gasteiger partial charge is 0.424 e. The molecule has 1 unspecified atom stereocenters. The monoisotopic (exact) mass is 351 g/mol. The Hall–Kier alpha value is -2.11. The molecular formula is C20H21N3OS. The van der Waals surface area contributed by atoms with E-state index < -0.39 is 0 Å². The minimum atomic E-state index is 0.122. The van der Waals surface area contributed by atoms with Crippen molar-refractivity contribution in [2.45, 2.75) is 37.4 Å². The zero-order valence-corrected chi connectivity index (χ0v) is 15.3. The Balaban J connectivity index is 1.64. The summed E-state index contributed by atoms with van der Waals surface area (Å²) in [6, 6.07) is 17.5. The first-order chi connectivity index (χ1) is 12.2. The van der Waals surface area contributed by atoms with Crippen LogP contribution in [0.25, 0.3) is 0 Å². The Morgan fingerprint density at radius 2 is 1.84 bits per heavy atom. The van der Waals surface area contributed by atoms with Gasteiger partial charge in [0.2, 0.25) is 11.8 Å². The van der Waals surface area contributed by atoms with Gasteiger partial charge in [-0.3, -0.25) is 4.90 Å². The first kappa shape index (κ1) is 16.4. The highest BCUT2D eigenvalue weighted by Crippen LogP contribution is 2.34. The van der Waals surface area contributed by atoms with Gasteiger partial charge >= 0.3 is 0 Å². The molecule has 0 bridgehead atoms. The van der Waals surface area contributed by atoms with Crippen molar-refractivity contribution in [2.24, 2.45) is 0 Å². The molecular weight excluding hydrogens is 330 g/mol. The van der Waals surface area contributed by atoms with Crippen molar-refractivity contribution in [3.8, 4) is 0 Å². The number of hydrogen-bond acceptors (Lipinski definition) is 5. The topological polar surface area (TPSA) is 42.2 Å². The standard InChI is InChI=1S/C20H21N3OS/c1-14-21-22-20(24-14)19-11-16-5-3-4-6-17(16)13-23(19)12-15-7-9-18(25-2)10-8-15/h3-10,19H,11-13H2,1-2H3. The Bertz CT molecular complexity index is 859. The van der Waals surface area contributed by atoms with Crippen molar-refractivity contribution in [2.75, 3.05) is 6.26 Å². The Labute approximate surface area is 152 Å². The lowest BCUT2D eigenvalue weighted by Gasteiger charge is -2.35. The van der Waals surface area contributed by atoms with E-state index >= 15 is 0 Å². The van der Waals surface area contributed by atoms with Crippen LogP contribution in [0.1, 0.15) is 34.5 Å². The van der Waals surface area contributed by atoms with Crippen LogP contribution in [0.5, 0.6) is 0 Å². The molecule has 0 amide bonds. The van der Waals surface area contributed by atoms with Crippen LogP contribution in [0, 0.1) is 6.92 Å². The van der Waals surface area contributed by atoms with Gasteiger partial charge in [-0.1, -0.05) is 36.4 Å². The predicted molar refractivity (Wildman–Crippen MR) is 99.4 cm³/mol. The molecule has 1 aromatic heterocycles. The summed E-state index contributed by atoms with van der Waals surface area (Å²) in [5.74, 6) is 1.34. The normalized spacial score (nSPS) is 17.4. The number of aryl methyl sites for hydroxylation is 1. The highest BCUT2D eigenvalue weighted by Gasteiger charge is 2.31. The molecule has 4 nitrogen and oxygen atoms in total. The molecule has 4 rings (SSSR count). The lowest BCUT2D eigenvalue weighted by atomic mass is 9.93. The average molecular weight is 351 g/mol. The number of aromatic nitrogens is 2. The maximum Gasteiger partial charge on any atom is 0.233 e. The summed E-state index contributed by atoms with van der Waals surface area (Å²) < 4.78 is 5.78. The Morgan fingerprint density at radius 1 is 1.08 bits per heavy atom. The van der Waals surface area contributed by atoms with Crippen LogP contribution in [-0.4, -0.2) is 21.4 Å². The predicted octanol–water partition coefficient (Wildman–Crippen LogP) is 4.40. The van der Waals surface area contributed by atoms with E-state index in [2.05, 4.69) is 69.9 Å². The third kappa shape index (κ3) is 3.48. The van der Waals surface area contributed by atoms with Crippen molar-refractivity contribution in [3.05, 3.63) is 77.0 Å². The number of nitrogens with zero attached hydrogens (tertiary/aromatic N) is 3. The van der Waals surface area contributed by atoms with E-state index in [1.165, 1.54) is 21.6 Å². The summed E-state index contributed by atoms with van der Waals surface area (Å²) in [6.45, 7) is 3.61. The van der Waals surface area contributed by atoms with Gasteiger partial charge in [0.1, 0.15) is 0 Å². The molecule has 0 N–H and O–H groups in total. The zero-order chi connectivity index (χ0) is 17.2. The molecule has 1 atom stereocenters. The molecule has 2 heterocycles. The van der Waals surface area contributed by atoms with Crippen molar-refractivity contribution >= 4 is 11.8 Å². The van der Waals surface area contributed by atoms with Gasteiger partial charge in [0.25, 0.3) is 0 Å². The van der Waals surface area contributed by atoms with Crippen LogP contribution in [0.3, 0.4) is 0 Å². The zero-order valence-electron chi connectivity index (χ0n) is 14.5. The van der Waals surface area contributed by atoms with E-state index in [-0.39, 0.29) is 6.04 Å². The number of rotatable bonds is 4. The van der Waals surface area contributed by atoms with Crippen molar-refractivity contribution in [1.29, 1.82) is 0 Å². The fourth-order valence-corrected chi connectivity index (χ4v) is 3.81. The Morgan fingerprint density at radius 3 is 2.52 bits per heavy atom. The SMILES string of the molecule is CSc1ccc(CN2Cc3ccccc3CC2c2nnc(C)o2)cc1. The van der Waals surface area contributed by atoms with Crippen LogP contribution >= 0.6 is 11.8 Å². The van der Waals surface area contributed by atoms with Gasteiger partial charge in [-0.2, -0.15) is 0 Å². The minimum absolute atomic E-state index is 0.122. The van der Waals surface area contributed by atoms with E-state index in [0.717, 1.165) is 19.5 Å². The molecule has 3 aromatic rings. The smallest absolute Gasteiger partial charge is 0.233 e. The summed E-state index contributed by atoms with van der Waals surface area (Å²) in [4.78, 5) is 3.72. The first-order valence-corrected chi connectivity index (χ1v) is 9.69. The fraction of sp³-hybridized carbons (Fsp3) is 0.300. The van der Waals surface area contributed by atoms with E-state index in [4.69, 9.17) is 4.42 Å². The molecule has 0 radical (unpaired) electrons. The van der Waals surface area contributed by atoms with Crippen molar-refractivity contribution in [3.63, 3.8) is 0 Å². The molecule has 0 fully saturated rings. The van der Waals surface area contributed by atoms with E-state index in [1.54, 1.807) is 11.8 Å². The number of benzene rings is 2. The summed E-state index contributed by atoms with van der Waals surface area (Å²) in [7, 11) is 0. The maximum atomic E-state index is 5.78. The lowest BCUT2D eigenvalue weighted by molar-refractivity contribution is 0.137. The van der Waals surface area contributed by atoms with Gasteiger partial charge in [0, 0.05) is 24.9 Å². The summed E-state index contributed by atoms with van der Waals surface area (Å²) in [5.41, 5.74) is 4.06. The summed E-state index contributed by atoms with van der Waals surface area (Å²) >= 11 is 1.77. The molecule has 5 heteroatoms. The van der Waals surface area contributed by atoms with Gasteiger partial charge in [0.15, 0.2) is 0 Å². The quantitative estimate of drug-likeness (QED) is 0.652. The van der Waals surface area contributed by atoms with Gasteiger partial charge in [-0.05, 0) is 41.5 Å². The van der Waals surface area contributed by atoms with Crippen LogP contribution in [-0.2, 0) is 19.5 Å². The maximum absolute atomic E-state index is 5.78. The van der Waals surface area contributed by atoms with Gasteiger partial charge in [-0.25, -0.2) is 0 Å². The van der Waals surface area contributed by atoms with E-state index in [1.807, 2.05) is 6.92 Å². The highest BCUT2D eigenvalue weighted by molar-refractivity contribution is 7.98. The molecule has 0 spiro atoms. The molecule has 0 aliphatic carbocycles. The third-order valence-electron chi connectivity index (χ3n) is 4.72. The minimum Gasteiger partial charge on any atom is -0.424 e. The highest BCUT2D eigenvalue weighted by atomic mass is 32.2. The molecule has 0 saturated heterocycles. The van der Waals surface area contributed by atoms with Crippen LogP contribution in [0.15, 0.2) is 57.8 Å². The second-order valence-corrected chi connectivity index (χ2v) is 7.28. The van der Waals surface area contributed by atoms with Crippen LogP contribution in [0.4, 0.5) is 0 Å². The van der Waals surface area contributed by atoms with Crippen molar-refractivity contribution < 1.29 is 4.42 Å². The third-order valence-corrected chi connectivity index (χ3v) is 5.46.